The van der Waals surface area contributed by atoms with Gasteiger partial charge < -0.3 is 14.2 Å². The zero-order chi connectivity index (χ0) is 17.2. The average Bonchev–Trinajstić information content (AvgIpc) is 2.66. The van der Waals surface area contributed by atoms with E-state index >= 15 is 0 Å². The molecule has 0 unspecified atom stereocenters. The van der Waals surface area contributed by atoms with Gasteiger partial charge in [0.15, 0.2) is 11.5 Å². The standard InChI is InChI=1S/C20H16ClNO3/c1-23-15-5-6-18-16(12-15)17(21)11-14(22-18)4-2-13-3-7-19-20(10-13)25-9-8-24-19/h2-7,10-12H,8-9H2,1H3/b4-2+. The van der Waals surface area contributed by atoms with Crippen molar-refractivity contribution in [2.75, 3.05) is 20.3 Å². The minimum absolute atomic E-state index is 0.575. The van der Waals surface area contributed by atoms with Crippen LogP contribution in [0.2, 0.25) is 5.02 Å². The lowest BCUT2D eigenvalue weighted by molar-refractivity contribution is 0.171. The molecular formula is C20H16ClNO3. The van der Waals surface area contributed by atoms with E-state index in [0.29, 0.717) is 18.2 Å². The fourth-order valence-corrected chi connectivity index (χ4v) is 3.00. The zero-order valence-corrected chi connectivity index (χ0v) is 14.4. The molecule has 0 aliphatic carbocycles. The molecule has 4 rings (SSSR count). The molecule has 4 nitrogen and oxygen atoms in total. The smallest absolute Gasteiger partial charge is 0.161 e. The minimum atomic E-state index is 0.575. The molecular weight excluding hydrogens is 338 g/mol. The van der Waals surface area contributed by atoms with Crippen molar-refractivity contribution in [3.63, 3.8) is 0 Å². The Morgan fingerprint density at radius 1 is 1.00 bits per heavy atom. The maximum absolute atomic E-state index is 6.40. The summed E-state index contributed by atoms with van der Waals surface area (Å²) >= 11 is 6.40. The predicted octanol–water partition coefficient (Wildman–Crippen LogP) is 4.84. The van der Waals surface area contributed by atoms with E-state index in [1.54, 1.807) is 7.11 Å². The summed E-state index contributed by atoms with van der Waals surface area (Å²) in [6, 6.07) is 13.4. The minimum Gasteiger partial charge on any atom is -0.497 e. The van der Waals surface area contributed by atoms with Gasteiger partial charge in [0.2, 0.25) is 0 Å². The Kier molecular flexibility index (Phi) is 4.20. The Hall–Kier alpha value is -2.72. The van der Waals surface area contributed by atoms with Crippen molar-refractivity contribution in [1.82, 2.24) is 4.98 Å². The second-order valence-corrected chi connectivity index (χ2v) is 6.06. The maximum atomic E-state index is 6.40. The lowest BCUT2D eigenvalue weighted by Crippen LogP contribution is -2.15. The maximum Gasteiger partial charge on any atom is 0.161 e. The van der Waals surface area contributed by atoms with Crippen molar-refractivity contribution in [2.24, 2.45) is 0 Å². The van der Waals surface area contributed by atoms with Crippen LogP contribution < -0.4 is 14.2 Å². The Morgan fingerprint density at radius 2 is 1.84 bits per heavy atom. The zero-order valence-electron chi connectivity index (χ0n) is 13.7. The molecule has 0 radical (unpaired) electrons. The third-order valence-corrected chi connectivity index (χ3v) is 4.31. The molecule has 1 aliphatic heterocycles. The highest BCUT2D eigenvalue weighted by Crippen LogP contribution is 2.32. The number of fused-ring (bicyclic) bond motifs is 2. The van der Waals surface area contributed by atoms with Crippen LogP contribution in [-0.2, 0) is 0 Å². The number of aromatic nitrogens is 1. The third-order valence-electron chi connectivity index (χ3n) is 4.00. The molecule has 1 aliphatic rings. The summed E-state index contributed by atoms with van der Waals surface area (Å²) in [6.07, 6.45) is 3.91. The van der Waals surface area contributed by atoms with Gasteiger partial charge in [-0.1, -0.05) is 23.7 Å². The lowest BCUT2D eigenvalue weighted by atomic mass is 10.1. The number of ether oxygens (including phenoxy) is 3. The molecule has 1 aromatic heterocycles. The third kappa shape index (κ3) is 3.26. The number of pyridine rings is 1. The summed E-state index contributed by atoms with van der Waals surface area (Å²) in [6.45, 7) is 1.16. The fraction of sp³-hybridized carbons (Fsp3) is 0.150. The summed E-state index contributed by atoms with van der Waals surface area (Å²) in [5, 5.41) is 1.52. The second-order valence-electron chi connectivity index (χ2n) is 5.65. The van der Waals surface area contributed by atoms with Crippen molar-refractivity contribution < 1.29 is 14.2 Å². The van der Waals surface area contributed by atoms with Gasteiger partial charge >= 0.3 is 0 Å². The van der Waals surface area contributed by atoms with Crippen molar-refractivity contribution in [2.45, 2.75) is 0 Å². The molecule has 0 bridgehead atoms. The molecule has 0 atom stereocenters. The predicted molar refractivity (Wildman–Crippen MR) is 99.7 cm³/mol. The second kappa shape index (κ2) is 6.65. The molecule has 0 N–H and O–H groups in total. The Bertz CT molecular complexity index is 969. The van der Waals surface area contributed by atoms with Crippen molar-refractivity contribution in [1.29, 1.82) is 0 Å². The topological polar surface area (TPSA) is 40.6 Å². The average molecular weight is 354 g/mol. The molecule has 5 heteroatoms. The molecule has 0 fully saturated rings. The Morgan fingerprint density at radius 3 is 2.68 bits per heavy atom. The van der Waals surface area contributed by atoms with Crippen LogP contribution in [0.15, 0.2) is 42.5 Å². The van der Waals surface area contributed by atoms with Gasteiger partial charge in [0.1, 0.15) is 19.0 Å². The van der Waals surface area contributed by atoms with Crippen LogP contribution in [0.25, 0.3) is 23.1 Å². The molecule has 3 aromatic rings. The van der Waals surface area contributed by atoms with Crippen LogP contribution in [0.4, 0.5) is 0 Å². The quantitative estimate of drug-likeness (QED) is 0.675. The van der Waals surface area contributed by atoms with E-state index in [1.165, 1.54) is 0 Å². The molecule has 0 amide bonds. The van der Waals surface area contributed by atoms with Crippen LogP contribution in [-0.4, -0.2) is 25.3 Å². The van der Waals surface area contributed by atoms with Crippen molar-refractivity contribution in [3.8, 4) is 17.2 Å². The fourth-order valence-electron chi connectivity index (χ4n) is 2.74. The van der Waals surface area contributed by atoms with Crippen LogP contribution in [0.3, 0.4) is 0 Å². The van der Waals surface area contributed by atoms with E-state index in [9.17, 15) is 0 Å². The summed E-state index contributed by atoms with van der Waals surface area (Å²) in [4.78, 5) is 4.63. The van der Waals surface area contributed by atoms with Crippen molar-refractivity contribution in [3.05, 3.63) is 58.7 Å². The van der Waals surface area contributed by atoms with Gasteiger partial charge in [0.05, 0.1) is 23.3 Å². The van der Waals surface area contributed by atoms with Crippen LogP contribution >= 0.6 is 11.6 Å². The first-order chi connectivity index (χ1) is 12.2. The highest BCUT2D eigenvalue weighted by Gasteiger charge is 2.11. The Balaban J connectivity index is 1.65. The number of benzene rings is 2. The molecule has 126 valence electrons. The van der Waals surface area contributed by atoms with Gasteiger partial charge in [0.25, 0.3) is 0 Å². The number of halogens is 1. The molecule has 25 heavy (non-hydrogen) atoms. The monoisotopic (exact) mass is 353 g/mol. The van der Waals surface area contributed by atoms with Gasteiger partial charge in [-0.05, 0) is 48.0 Å². The summed E-state index contributed by atoms with van der Waals surface area (Å²) < 4.78 is 16.4. The number of hydrogen-bond donors (Lipinski definition) is 0. The summed E-state index contributed by atoms with van der Waals surface area (Å²) in [7, 11) is 1.63. The van der Waals surface area contributed by atoms with Crippen LogP contribution in [0.1, 0.15) is 11.3 Å². The lowest BCUT2D eigenvalue weighted by Gasteiger charge is -2.18. The first kappa shape index (κ1) is 15.8. The van der Waals surface area contributed by atoms with Gasteiger partial charge in [0, 0.05) is 5.39 Å². The largest absolute Gasteiger partial charge is 0.497 e. The normalized spacial score (nSPS) is 13.4. The van der Waals surface area contributed by atoms with E-state index in [2.05, 4.69) is 4.98 Å². The van der Waals surface area contributed by atoms with E-state index in [4.69, 9.17) is 25.8 Å². The van der Waals surface area contributed by atoms with Gasteiger partial charge in [-0.3, -0.25) is 0 Å². The first-order valence-electron chi connectivity index (χ1n) is 7.95. The Labute approximate surface area is 150 Å². The van der Waals surface area contributed by atoms with Crippen molar-refractivity contribution >= 4 is 34.7 Å². The number of rotatable bonds is 3. The number of methoxy groups -OCH3 is 1. The summed E-state index contributed by atoms with van der Waals surface area (Å²) in [5.74, 6) is 2.31. The van der Waals surface area contributed by atoms with E-state index in [0.717, 1.165) is 39.4 Å². The molecule has 0 saturated carbocycles. The SMILES string of the molecule is COc1ccc2nc(/C=C/c3ccc4c(c3)OCCO4)cc(Cl)c2c1. The molecule has 0 saturated heterocycles. The first-order valence-corrected chi connectivity index (χ1v) is 8.33. The molecule has 2 aromatic carbocycles. The summed E-state index contributed by atoms with van der Waals surface area (Å²) in [5.41, 5.74) is 2.63. The van der Waals surface area contributed by atoms with E-state index in [-0.39, 0.29) is 0 Å². The molecule has 2 heterocycles. The highest BCUT2D eigenvalue weighted by molar-refractivity contribution is 6.35. The molecule has 0 spiro atoms. The van der Waals surface area contributed by atoms with Gasteiger partial charge in [-0.2, -0.15) is 0 Å². The number of hydrogen-bond acceptors (Lipinski definition) is 4. The van der Waals surface area contributed by atoms with E-state index < -0.39 is 0 Å². The van der Waals surface area contributed by atoms with Gasteiger partial charge in [-0.15, -0.1) is 0 Å². The van der Waals surface area contributed by atoms with E-state index in [1.807, 2.05) is 54.6 Å². The number of nitrogens with zero attached hydrogens (tertiary/aromatic N) is 1. The van der Waals surface area contributed by atoms with Gasteiger partial charge in [-0.25, -0.2) is 4.98 Å². The highest BCUT2D eigenvalue weighted by atomic mass is 35.5. The van der Waals surface area contributed by atoms with Crippen LogP contribution in [0, 0.1) is 0 Å². The van der Waals surface area contributed by atoms with Crippen LogP contribution in [0.5, 0.6) is 17.2 Å².